The SMILES string of the molecule is Cc1cc2c(c3c1C(=O)/C(=C\c1ccc4c(c1)OCO4)O3)CN(CCc1ccc(Cl)cc1Cl)CO2. The molecule has 8 heteroatoms. The smallest absolute Gasteiger partial charge is 0.232 e. The summed E-state index contributed by atoms with van der Waals surface area (Å²) in [6, 6.07) is 13.0. The Morgan fingerprint density at radius 3 is 2.71 bits per heavy atom. The fraction of sp³-hybridized carbons (Fsp3) is 0.222. The van der Waals surface area contributed by atoms with Gasteiger partial charge in [0.15, 0.2) is 17.3 Å². The van der Waals surface area contributed by atoms with Gasteiger partial charge in [-0.15, -0.1) is 0 Å². The fourth-order valence-corrected chi connectivity index (χ4v) is 5.08. The van der Waals surface area contributed by atoms with Gasteiger partial charge in [-0.05, 0) is 66.4 Å². The molecule has 0 bridgehead atoms. The summed E-state index contributed by atoms with van der Waals surface area (Å²) >= 11 is 12.4. The van der Waals surface area contributed by atoms with E-state index < -0.39 is 0 Å². The summed E-state index contributed by atoms with van der Waals surface area (Å²) in [5.41, 5.74) is 4.12. The zero-order valence-electron chi connectivity index (χ0n) is 18.9. The molecule has 0 atom stereocenters. The predicted octanol–water partition coefficient (Wildman–Crippen LogP) is 6.04. The van der Waals surface area contributed by atoms with Crippen molar-refractivity contribution in [3.8, 4) is 23.0 Å². The Morgan fingerprint density at radius 1 is 1.00 bits per heavy atom. The van der Waals surface area contributed by atoms with Gasteiger partial charge in [-0.2, -0.15) is 0 Å². The van der Waals surface area contributed by atoms with Crippen LogP contribution in [0.25, 0.3) is 6.08 Å². The summed E-state index contributed by atoms with van der Waals surface area (Å²) in [6.07, 6.45) is 2.48. The van der Waals surface area contributed by atoms with Crippen LogP contribution in [-0.4, -0.2) is 30.8 Å². The third kappa shape index (κ3) is 4.12. The molecule has 0 radical (unpaired) electrons. The van der Waals surface area contributed by atoms with Gasteiger partial charge in [0.1, 0.15) is 18.2 Å². The number of nitrogens with zero attached hydrogens (tertiary/aromatic N) is 1. The summed E-state index contributed by atoms with van der Waals surface area (Å²) in [5, 5.41) is 1.27. The number of halogens is 2. The summed E-state index contributed by atoms with van der Waals surface area (Å²) in [4.78, 5) is 15.4. The quantitative estimate of drug-likeness (QED) is 0.399. The number of rotatable bonds is 4. The second kappa shape index (κ2) is 8.79. The zero-order chi connectivity index (χ0) is 24.1. The third-order valence-corrected chi connectivity index (χ3v) is 6.98. The van der Waals surface area contributed by atoms with Crippen LogP contribution in [-0.2, 0) is 13.0 Å². The minimum atomic E-state index is -0.136. The standard InChI is InChI=1S/C27H21Cl2NO5/c1-15-8-22-19(12-30(13-32-22)7-6-17-3-4-18(28)11-20(17)29)27-25(15)26(31)24(35-27)10-16-2-5-21-23(9-16)34-14-33-21/h2-5,8-11H,6-7,12-14H2,1H3/b24-10+. The first-order valence-electron chi connectivity index (χ1n) is 11.3. The van der Waals surface area contributed by atoms with Gasteiger partial charge in [-0.3, -0.25) is 9.69 Å². The number of aryl methyl sites for hydroxylation is 1. The van der Waals surface area contributed by atoms with Crippen LogP contribution in [0.4, 0.5) is 0 Å². The maximum Gasteiger partial charge on any atom is 0.232 e. The van der Waals surface area contributed by atoms with Crippen LogP contribution >= 0.6 is 23.2 Å². The predicted molar refractivity (Wildman–Crippen MR) is 133 cm³/mol. The Hall–Kier alpha value is -3.19. The molecule has 0 N–H and O–H groups in total. The molecule has 3 aromatic rings. The van der Waals surface area contributed by atoms with Gasteiger partial charge in [-0.1, -0.05) is 35.3 Å². The number of benzene rings is 3. The van der Waals surface area contributed by atoms with Crippen molar-refractivity contribution in [3.05, 3.63) is 86.1 Å². The number of carbonyl (C=O) groups excluding carboxylic acids is 1. The molecule has 0 spiro atoms. The van der Waals surface area contributed by atoms with E-state index in [0.717, 1.165) is 41.0 Å². The average molecular weight is 510 g/mol. The van der Waals surface area contributed by atoms with Gasteiger partial charge in [0.05, 0.1) is 11.1 Å². The molecule has 3 heterocycles. The van der Waals surface area contributed by atoms with Gasteiger partial charge in [0.25, 0.3) is 0 Å². The molecular formula is C27H21Cl2NO5. The Morgan fingerprint density at radius 2 is 1.86 bits per heavy atom. The topological polar surface area (TPSA) is 57.2 Å². The number of fused-ring (bicyclic) bond motifs is 4. The van der Waals surface area contributed by atoms with Crippen LogP contribution < -0.4 is 18.9 Å². The van der Waals surface area contributed by atoms with Gasteiger partial charge in [-0.25, -0.2) is 0 Å². The van der Waals surface area contributed by atoms with Crippen molar-refractivity contribution in [2.45, 2.75) is 19.9 Å². The number of allylic oxidation sites excluding steroid dienone is 1. The number of hydrogen-bond acceptors (Lipinski definition) is 6. The molecule has 0 amide bonds. The third-order valence-electron chi connectivity index (χ3n) is 6.39. The zero-order valence-corrected chi connectivity index (χ0v) is 20.4. The highest BCUT2D eigenvalue weighted by atomic mass is 35.5. The molecule has 3 aliphatic heterocycles. The molecule has 0 fully saturated rings. The second-order valence-corrected chi connectivity index (χ2v) is 9.58. The first-order valence-corrected chi connectivity index (χ1v) is 12.0. The van der Waals surface area contributed by atoms with Crippen LogP contribution in [0, 0.1) is 6.92 Å². The second-order valence-electron chi connectivity index (χ2n) is 8.74. The summed E-state index contributed by atoms with van der Waals surface area (Å²) in [7, 11) is 0. The molecule has 178 valence electrons. The van der Waals surface area contributed by atoms with E-state index in [9.17, 15) is 4.79 Å². The molecule has 3 aromatic carbocycles. The first kappa shape index (κ1) is 22.3. The van der Waals surface area contributed by atoms with Gasteiger partial charge < -0.3 is 18.9 Å². The highest BCUT2D eigenvalue weighted by Gasteiger charge is 2.35. The summed E-state index contributed by atoms with van der Waals surface area (Å²) < 4.78 is 23.0. The summed E-state index contributed by atoms with van der Waals surface area (Å²) in [6.45, 7) is 3.89. The molecule has 0 aromatic heterocycles. The fourth-order valence-electron chi connectivity index (χ4n) is 4.58. The van der Waals surface area contributed by atoms with E-state index in [2.05, 4.69) is 4.90 Å². The van der Waals surface area contributed by atoms with E-state index in [1.165, 1.54) is 0 Å². The molecule has 35 heavy (non-hydrogen) atoms. The van der Waals surface area contributed by atoms with Crippen molar-refractivity contribution in [1.29, 1.82) is 0 Å². The Labute approximate surface area is 212 Å². The van der Waals surface area contributed by atoms with E-state index in [-0.39, 0.29) is 18.3 Å². The van der Waals surface area contributed by atoms with Crippen molar-refractivity contribution in [1.82, 2.24) is 4.90 Å². The van der Waals surface area contributed by atoms with Gasteiger partial charge in [0, 0.05) is 23.1 Å². The van der Waals surface area contributed by atoms with Crippen LogP contribution in [0.15, 0.2) is 48.2 Å². The molecule has 0 saturated carbocycles. The monoisotopic (exact) mass is 509 g/mol. The minimum Gasteiger partial charge on any atom is -0.478 e. The van der Waals surface area contributed by atoms with Crippen LogP contribution in [0.2, 0.25) is 10.0 Å². The number of carbonyl (C=O) groups is 1. The summed E-state index contributed by atoms with van der Waals surface area (Å²) in [5.74, 6) is 2.81. The number of ketones is 1. The minimum absolute atomic E-state index is 0.136. The van der Waals surface area contributed by atoms with E-state index >= 15 is 0 Å². The Bertz CT molecular complexity index is 1400. The lowest BCUT2D eigenvalue weighted by Gasteiger charge is -2.30. The van der Waals surface area contributed by atoms with E-state index in [1.54, 1.807) is 12.1 Å². The molecule has 0 unspecified atom stereocenters. The van der Waals surface area contributed by atoms with Crippen LogP contribution in [0.3, 0.4) is 0 Å². The Kier molecular flexibility index (Phi) is 5.60. The molecular weight excluding hydrogens is 489 g/mol. The van der Waals surface area contributed by atoms with Crippen LogP contribution in [0.5, 0.6) is 23.0 Å². The molecule has 0 aliphatic carbocycles. The van der Waals surface area contributed by atoms with E-state index in [4.69, 9.17) is 42.1 Å². The molecule has 6 nitrogen and oxygen atoms in total. The number of Topliss-reactive ketones (excluding diaryl/α,β-unsaturated/α-hetero) is 1. The molecule has 6 rings (SSSR count). The van der Waals surface area contributed by atoms with Crippen molar-refractivity contribution in [2.24, 2.45) is 0 Å². The first-order chi connectivity index (χ1) is 17.0. The highest BCUT2D eigenvalue weighted by molar-refractivity contribution is 6.35. The number of ether oxygens (including phenoxy) is 4. The average Bonchev–Trinajstić information content (AvgIpc) is 3.43. The highest BCUT2D eigenvalue weighted by Crippen LogP contribution is 2.44. The Balaban J connectivity index is 1.25. The van der Waals surface area contributed by atoms with Gasteiger partial charge in [0.2, 0.25) is 12.6 Å². The van der Waals surface area contributed by atoms with E-state index in [0.29, 0.717) is 46.1 Å². The molecule has 0 saturated heterocycles. The van der Waals surface area contributed by atoms with Crippen molar-refractivity contribution >= 4 is 35.1 Å². The van der Waals surface area contributed by atoms with Crippen molar-refractivity contribution < 1.29 is 23.7 Å². The lowest BCUT2D eigenvalue weighted by atomic mass is 9.98. The van der Waals surface area contributed by atoms with Gasteiger partial charge >= 0.3 is 0 Å². The molecule has 3 aliphatic rings. The lowest BCUT2D eigenvalue weighted by molar-refractivity contribution is 0.0949. The van der Waals surface area contributed by atoms with Crippen molar-refractivity contribution in [3.63, 3.8) is 0 Å². The maximum absolute atomic E-state index is 13.3. The normalized spacial score (nSPS) is 17.2. The number of hydrogen-bond donors (Lipinski definition) is 0. The van der Waals surface area contributed by atoms with Crippen LogP contribution in [0.1, 0.15) is 32.6 Å². The largest absolute Gasteiger partial charge is 0.478 e. The van der Waals surface area contributed by atoms with E-state index in [1.807, 2.05) is 43.3 Å². The lowest BCUT2D eigenvalue weighted by Crippen LogP contribution is -2.34. The maximum atomic E-state index is 13.3. The van der Waals surface area contributed by atoms with Crippen molar-refractivity contribution in [2.75, 3.05) is 20.1 Å².